The zero-order valence-electron chi connectivity index (χ0n) is 6.04. The highest BCUT2D eigenvalue weighted by Crippen LogP contribution is 2.24. The summed E-state index contributed by atoms with van der Waals surface area (Å²) >= 11 is 0. The van der Waals surface area contributed by atoms with Crippen LogP contribution in [0.2, 0.25) is 0 Å². The molecule has 3 heteroatoms. The number of carbonyl (C=O) groups is 1. The standard InChI is InChI=1S/C7H12O3/c1-2-3-5(7(8)9)6-4-10-6/h5-6H,2-4H2,1H3,(H,8,9). The molecule has 1 N–H and O–H groups in total. The predicted molar refractivity (Wildman–Crippen MR) is 35.8 cm³/mol. The highest BCUT2D eigenvalue weighted by Gasteiger charge is 2.36. The van der Waals surface area contributed by atoms with Crippen LogP contribution in [0.5, 0.6) is 0 Å². The molecule has 1 heterocycles. The number of carboxylic acid groups (broad SMARTS) is 1. The number of aliphatic carboxylic acids is 1. The average molecular weight is 144 g/mol. The first kappa shape index (κ1) is 7.54. The average Bonchev–Trinajstić information content (AvgIpc) is 2.63. The first-order chi connectivity index (χ1) is 4.75. The maximum Gasteiger partial charge on any atom is 0.309 e. The van der Waals surface area contributed by atoms with Crippen LogP contribution in [-0.2, 0) is 9.53 Å². The number of hydrogen-bond donors (Lipinski definition) is 1. The van der Waals surface area contributed by atoms with E-state index in [2.05, 4.69) is 0 Å². The third-order valence-electron chi connectivity index (χ3n) is 1.72. The van der Waals surface area contributed by atoms with E-state index < -0.39 is 5.97 Å². The van der Waals surface area contributed by atoms with Gasteiger partial charge in [-0.2, -0.15) is 0 Å². The fraction of sp³-hybridized carbons (Fsp3) is 0.857. The van der Waals surface area contributed by atoms with Crippen LogP contribution >= 0.6 is 0 Å². The molecular formula is C7H12O3. The number of ether oxygens (including phenoxy) is 1. The maximum absolute atomic E-state index is 10.5. The number of carboxylic acids is 1. The lowest BCUT2D eigenvalue weighted by molar-refractivity contribution is -0.142. The Morgan fingerprint density at radius 1 is 1.90 bits per heavy atom. The van der Waals surface area contributed by atoms with Crippen molar-refractivity contribution in [3.05, 3.63) is 0 Å². The third-order valence-corrected chi connectivity index (χ3v) is 1.72. The lowest BCUT2D eigenvalue weighted by Crippen LogP contribution is -2.19. The molecule has 0 bridgehead atoms. The van der Waals surface area contributed by atoms with E-state index in [1.54, 1.807) is 0 Å². The molecule has 0 amide bonds. The Bertz CT molecular complexity index is 129. The van der Waals surface area contributed by atoms with Crippen LogP contribution in [-0.4, -0.2) is 23.8 Å². The third kappa shape index (κ3) is 1.70. The molecule has 0 aromatic rings. The van der Waals surface area contributed by atoms with Gasteiger partial charge in [0, 0.05) is 0 Å². The van der Waals surface area contributed by atoms with Crippen LogP contribution in [0.1, 0.15) is 19.8 Å². The van der Waals surface area contributed by atoms with Crippen molar-refractivity contribution in [2.75, 3.05) is 6.61 Å². The molecule has 0 aromatic carbocycles. The minimum atomic E-state index is -0.718. The monoisotopic (exact) mass is 144 g/mol. The van der Waals surface area contributed by atoms with Crippen molar-refractivity contribution in [2.24, 2.45) is 5.92 Å². The predicted octanol–water partition coefficient (Wildman–Crippen LogP) is 0.886. The van der Waals surface area contributed by atoms with E-state index in [1.165, 1.54) is 0 Å². The normalized spacial score (nSPS) is 25.9. The minimum absolute atomic E-state index is 0.0115. The molecule has 0 saturated carbocycles. The van der Waals surface area contributed by atoms with Gasteiger partial charge in [0.25, 0.3) is 0 Å². The molecule has 0 radical (unpaired) electrons. The number of hydrogen-bond acceptors (Lipinski definition) is 2. The van der Waals surface area contributed by atoms with E-state index in [0.29, 0.717) is 6.61 Å². The molecule has 1 saturated heterocycles. The van der Waals surface area contributed by atoms with Crippen molar-refractivity contribution < 1.29 is 14.6 Å². The molecule has 1 fully saturated rings. The fourth-order valence-electron chi connectivity index (χ4n) is 1.07. The summed E-state index contributed by atoms with van der Waals surface area (Å²) in [6, 6.07) is 0. The van der Waals surface area contributed by atoms with Crippen LogP contribution in [0, 0.1) is 5.92 Å². The fourth-order valence-corrected chi connectivity index (χ4v) is 1.07. The lowest BCUT2D eigenvalue weighted by atomic mass is 10.0. The summed E-state index contributed by atoms with van der Waals surface area (Å²) in [5.41, 5.74) is 0. The largest absolute Gasteiger partial charge is 0.481 e. The topological polar surface area (TPSA) is 49.8 Å². The minimum Gasteiger partial charge on any atom is -0.481 e. The summed E-state index contributed by atoms with van der Waals surface area (Å²) in [5, 5.41) is 8.63. The SMILES string of the molecule is CCCC(C(=O)O)C1CO1. The van der Waals surface area contributed by atoms with Crippen molar-refractivity contribution in [3.8, 4) is 0 Å². The van der Waals surface area contributed by atoms with Crippen molar-refractivity contribution in [1.29, 1.82) is 0 Å². The second kappa shape index (κ2) is 3.01. The number of rotatable bonds is 4. The zero-order chi connectivity index (χ0) is 7.56. The highest BCUT2D eigenvalue weighted by molar-refractivity contribution is 5.71. The summed E-state index contributed by atoms with van der Waals surface area (Å²) < 4.78 is 4.90. The molecular weight excluding hydrogens is 132 g/mol. The second-order valence-electron chi connectivity index (χ2n) is 2.61. The second-order valence-corrected chi connectivity index (χ2v) is 2.61. The summed E-state index contributed by atoms with van der Waals surface area (Å²) in [7, 11) is 0. The van der Waals surface area contributed by atoms with Gasteiger partial charge in [0.1, 0.15) is 0 Å². The van der Waals surface area contributed by atoms with Crippen molar-refractivity contribution in [1.82, 2.24) is 0 Å². The molecule has 10 heavy (non-hydrogen) atoms. The van der Waals surface area contributed by atoms with E-state index in [4.69, 9.17) is 9.84 Å². The highest BCUT2D eigenvalue weighted by atomic mass is 16.6. The Morgan fingerprint density at radius 2 is 2.50 bits per heavy atom. The van der Waals surface area contributed by atoms with Crippen LogP contribution < -0.4 is 0 Å². The van der Waals surface area contributed by atoms with Gasteiger partial charge >= 0.3 is 5.97 Å². The van der Waals surface area contributed by atoms with Gasteiger partial charge in [0.05, 0.1) is 18.6 Å². The Balaban J connectivity index is 2.34. The van der Waals surface area contributed by atoms with Gasteiger partial charge in [-0.05, 0) is 6.42 Å². The van der Waals surface area contributed by atoms with Crippen LogP contribution in [0.15, 0.2) is 0 Å². The van der Waals surface area contributed by atoms with E-state index in [-0.39, 0.29) is 12.0 Å². The molecule has 0 spiro atoms. The van der Waals surface area contributed by atoms with Crippen LogP contribution in [0.3, 0.4) is 0 Å². The molecule has 1 aliphatic rings. The van der Waals surface area contributed by atoms with Crippen molar-refractivity contribution >= 4 is 5.97 Å². The van der Waals surface area contributed by atoms with Gasteiger partial charge in [0.2, 0.25) is 0 Å². The molecule has 1 rings (SSSR count). The molecule has 2 unspecified atom stereocenters. The van der Waals surface area contributed by atoms with Gasteiger partial charge in [-0.1, -0.05) is 13.3 Å². The maximum atomic E-state index is 10.5. The summed E-state index contributed by atoms with van der Waals surface area (Å²) in [4.78, 5) is 10.5. The Morgan fingerprint density at radius 3 is 2.80 bits per heavy atom. The molecule has 58 valence electrons. The summed E-state index contributed by atoms with van der Waals surface area (Å²) in [5.74, 6) is -0.977. The van der Waals surface area contributed by atoms with E-state index in [1.807, 2.05) is 6.92 Å². The van der Waals surface area contributed by atoms with Crippen LogP contribution in [0.25, 0.3) is 0 Å². The van der Waals surface area contributed by atoms with Gasteiger partial charge in [-0.15, -0.1) is 0 Å². The Hall–Kier alpha value is -0.570. The van der Waals surface area contributed by atoms with E-state index in [9.17, 15) is 4.79 Å². The molecule has 3 nitrogen and oxygen atoms in total. The first-order valence-corrected chi connectivity index (χ1v) is 3.60. The smallest absolute Gasteiger partial charge is 0.309 e. The van der Waals surface area contributed by atoms with Gasteiger partial charge in [0.15, 0.2) is 0 Å². The molecule has 1 aliphatic heterocycles. The van der Waals surface area contributed by atoms with Crippen LogP contribution in [0.4, 0.5) is 0 Å². The zero-order valence-corrected chi connectivity index (χ0v) is 6.04. The quantitative estimate of drug-likeness (QED) is 0.596. The lowest BCUT2D eigenvalue weighted by Gasteiger charge is -2.05. The molecule has 0 aromatic heterocycles. The van der Waals surface area contributed by atoms with E-state index >= 15 is 0 Å². The molecule has 0 aliphatic carbocycles. The van der Waals surface area contributed by atoms with Crippen molar-refractivity contribution in [3.63, 3.8) is 0 Å². The molecule has 2 atom stereocenters. The Labute approximate surface area is 60.0 Å². The Kier molecular flexibility index (Phi) is 2.27. The first-order valence-electron chi connectivity index (χ1n) is 3.60. The van der Waals surface area contributed by atoms with Gasteiger partial charge in [-0.3, -0.25) is 4.79 Å². The summed E-state index contributed by atoms with van der Waals surface area (Å²) in [6.45, 7) is 2.62. The summed E-state index contributed by atoms with van der Waals surface area (Å²) in [6.07, 6.45) is 1.66. The number of epoxide rings is 1. The van der Waals surface area contributed by atoms with E-state index in [0.717, 1.165) is 12.8 Å². The van der Waals surface area contributed by atoms with Gasteiger partial charge in [-0.25, -0.2) is 0 Å². The van der Waals surface area contributed by atoms with Crippen molar-refractivity contribution in [2.45, 2.75) is 25.9 Å². The van der Waals surface area contributed by atoms with Gasteiger partial charge < -0.3 is 9.84 Å².